The Labute approximate surface area is 191 Å². The van der Waals surface area contributed by atoms with Crippen LogP contribution in [0.25, 0.3) is 5.69 Å². The van der Waals surface area contributed by atoms with Crippen LogP contribution >= 0.6 is 0 Å². The van der Waals surface area contributed by atoms with Gasteiger partial charge in [-0.2, -0.15) is 18.3 Å². The lowest BCUT2D eigenvalue weighted by atomic mass is 9.99. The summed E-state index contributed by atoms with van der Waals surface area (Å²) in [5, 5.41) is 6.98. The van der Waals surface area contributed by atoms with E-state index in [1.165, 1.54) is 4.90 Å². The zero-order valence-corrected chi connectivity index (χ0v) is 18.6. The van der Waals surface area contributed by atoms with Crippen LogP contribution in [-0.2, 0) is 0 Å². The Balaban J connectivity index is 0.000000186. The summed E-state index contributed by atoms with van der Waals surface area (Å²) in [7, 11) is 0. The Bertz CT molecular complexity index is 1050. The van der Waals surface area contributed by atoms with Crippen LogP contribution in [0.1, 0.15) is 29.2 Å². The number of benzene rings is 2. The number of hydrogen-bond donors (Lipinski definition) is 2. The molecule has 4 rings (SSSR count). The van der Waals surface area contributed by atoms with Crippen molar-refractivity contribution in [3.8, 4) is 5.69 Å². The summed E-state index contributed by atoms with van der Waals surface area (Å²) in [5.41, 5.74) is 8.95. The van der Waals surface area contributed by atoms with Crippen molar-refractivity contribution in [2.24, 2.45) is 5.73 Å². The van der Waals surface area contributed by atoms with Gasteiger partial charge in [-0.15, -0.1) is 0 Å². The van der Waals surface area contributed by atoms with Crippen molar-refractivity contribution >= 4 is 11.8 Å². The predicted octanol–water partition coefficient (Wildman–Crippen LogP) is 5.02. The Morgan fingerprint density at radius 3 is 2.27 bits per heavy atom. The SMILES string of the molecule is Cc1nn(-c2ccccc2)c(NC(N)=O)c1C.FC(F)(F)CN1CC[C@H](c2ccccc2)C1. The lowest BCUT2D eigenvalue weighted by Gasteiger charge is -2.17. The molecule has 2 amide bonds. The summed E-state index contributed by atoms with van der Waals surface area (Å²) in [6, 6.07) is 18.7. The summed E-state index contributed by atoms with van der Waals surface area (Å²) < 4.78 is 38.3. The molecular weight excluding hydrogens is 431 g/mol. The predicted molar refractivity (Wildman–Crippen MR) is 123 cm³/mol. The number of likely N-dealkylation sites (tertiary alicyclic amines) is 1. The number of primary amides is 1. The third-order valence-electron chi connectivity index (χ3n) is 5.55. The molecular formula is C24H28F3N5O. The summed E-state index contributed by atoms with van der Waals surface area (Å²) in [5.74, 6) is 0.866. The number of amides is 2. The summed E-state index contributed by atoms with van der Waals surface area (Å²) >= 11 is 0. The monoisotopic (exact) mass is 459 g/mol. The van der Waals surface area contributed by atoms with E-state index >= 15 is 0 Å². The number of carbonyl (C=O) groups is 1. The number of carbonyl (C=O) groups excluding carboxylic acids is 1. The number of nitrogens with two attached hydrogens (primary N) is 1. The maximum atomic E-state index is 12.2. The highest BCUT2D eigenvalue weighted by molar-refractivity contribution is 5.88. The van der Waals surface area contributed by atoms with Crippen LogP contribution in [0.3, 0.4) is 0 Å². The number of rotatable bonds is 4. The van der Waals surface area contributed by atoms with Crippen molar-refractivity contribution in [2.75, 3.05) is 25.0 Å². The van der Waals surface area contributed by atoms with Gasteiger partial charge in [0.25, 0.3) is 0 Å². The molecule has 1 atom stereocenters. The van der Waals surface area contributed by atoms with Crippen LogP contribution in [0.5, 0.6) is 0 Å². The molecule has 3 aromatic rings. The molecule has 2 heterocycles. The quantitative estimate of drug-likeness (QED) is 0.575. The van der Waals surface area contributed by atoms with E-state index in [0.29, 0.717) is 18.9 Å². The maximum Gasteiger partial charge on any atom is 0.401 e. The van der Waals surface area contributed by atoms with Gasteiger partial charge < -0.3 is 5.73 Å². The number of aromatic nitrogens is 2. The Morgan fingerprint density at radius 2 is 1.70 bits per heavy atom. The number of hydrogen-bond acceptors (Lipinski definition) is 3. The molecule has 0 radical (unpaired) electrons. The second-order valence-electron chi connectivity index (χ2n) is 8.04. The molecule has 6 nitrogen and oxygen atoms in total. The lowest BCUT2D eigenvalue weighted by Crippen LogP contribution is -2.32. The second kappa shape index (κ2) is 10.5. The number of alkyl halides is 3. The second-order valence-corrected chi connectivity index (χ2v) is 8.04. The van der Waals surface area contributed by atoms with E-state index in [1.54, 1.807) is 4.68 Å². The van der Waals surface area contributed by atoms with E-state index in [1.807, 2.05) is 74.5 Å². The molecule has 2 aromatic carbocycles. The van der Waals surface area contributed by atoms with E-state index in [4.69, 9.17) is 5.73 Å². The molecule has 176 valence electrons. The molecule has 0 spiro atoms. The number of para-hydroxylation sites is 1. The Morgan fingerprint density at radius 1 is 1.09 bits per heavy atom. The number of nitrogens with one attached hydrogen (secondary N) is 1. The van der Waals surface area contributed by atoms with Crippen LogP contribution < -0.4 is 11.1 Å². The van der Waals surface area contributed by atoms with Crippen molar-refractivity contribution in [2.45, 2.75) is 32.4 Å². The molecule has 1 aliphatic rings. The molecule has 1 saturated heterocycles. The molecule has 3 N–H and O–H groups in total. The minimum atomic E-state index is -4.08. The van der Waals surface area contributed by atoms with E-state index in [2.05, 4.69) is 10.4 Å². The summed E-state index contributed by atoms with van der Waals surface area (Å²) in [4.78, 5) is 12.5. The number of urea groups is 1. The van der Waals surface area contributed by atoms with E-state index in [9.17, 15) is 18.0 Å². The molecule has 1 aromatic heterocycles. The van der Waals surface area contributed by atoms with Gasteiger partial charge in [0.15, 0.2) is 0 Å². The van der Waals surface area contributed by atoms with E-state index < -0.39 is 18.8 Å². The molecule has 33 heavy (non-hydrogen) atoms. The summed E-state index contributed by atoms with van der Waals surface area (Å²) in [6.07, 6.45) is -3.26. The average molecular weight is 460 g/mol. The first-order chi connectivity index (χ1) is 15.6. The van der Waals surface area contributed by atoms with Crippen molar-refractivity contribution in [3.63, 3.8) is 0 Å². The van der Waals surface area contributed by atoms with Crippen molar-refractivity contribution in [3.05, 3.63) is 77.5 Å². The number of aryl methyl sites for hydroxylation is 1. The van der Waals surface area contributed by atoms with Gasteiger partial charge in [0.2, 0.25) is 0 Å². The van der Waals surface area contributed by atoms with Gasteiger partial charge in [-0.05, 0) is 50.4 Å². The summed E-state index contributed by atoms with van der Waals surface area (Å²) in [6.45, 7) is 4.06. The van der Waals surface area contributed by atoms with Crippen LogP contribution in [0.15, 0.2) is 60.7 Å². The van der Waals surface area contributed by atoms with Gasteiger partial charge in [-0.1, -0.05) is 48.5 Å². The molecule has 0 saturated carbocycles. The highest BCUT2D eigenvalue weighted by Gasteiger charge is 2.34. The molecule has 0 unspecified atom stereocenters. The van der Waals surface area contributed by atoms with Crippen molar-refractivity contribution < 1.29 is 18.0 Å². The topological polar surface area (TPSA) is 76.2 Å². The third kappa shape index (κ3) is 6.82. The zero-order valence-electron chi connectivity index (χ0n) is 18.6. The van der Waals surface area contributed by atoms with Crippen LogP contribution in [0.4, 0.5) is 23.8 Å². The normalized spacial score (nSPS) is 16.2. The van der Waals surface area contributed by atoms with E-state index in [0.717, 1.165) is 28.9 Å². The molecule has 0 aliphatic carbocycles. The fourth-order valence-electron chi connectivity index (χ4n) is 3.85. The van der Waals surface area contributed by atoms with Gasteiger partial charge in [0.1, 0.15) is 5.82 Å². The molecule has 0 bridgehead atoms. The highest BCUT2D eigenvalue weighted by Crippen LogP contribution is 2.29. The molecule has 1 aliphatic heterocycles. The fourth-order valence-corrected chi connectivity index (χ4v) is 3.85. The number of halogens is 3. The first kappa shape index (κ1) is 24.3. The largest absolute Gasteiger partial charge is 0.401 e. The smallest absolute Gasteiger partial charge is 0.351 e. The Hall–Kier alpha value is -3.33. The standard InChI is InChI=1S/C12H14F3N.C12H14N4O/c13-12(14,15)9-16-7-6-11(8-16)10-4-2-1-3-5-10;1-8-9(2)15-16(11(8)14-12(13)17)10-6-4-3-5-7-10/h1-5,11H,6-9H2;3-7H,1-2H3,(H3,13,14,17)/t11-;/m0./s1. The van der Waals surface area contributed by atoms with Crippen LogP contribution in [0, 0.1) is 13.8 Å². The highest BCUT2D eigenvalue weighted by atomic mass is 19.4. The van der Waals surface area contributed by atoms with Gasteiger partial charge in [-0.25, -0.2) is 9.48 Å². The number of nitrogens with zero attached hydrogens (tertiary/aromatic N) is 3. The van der Waals surface area contributed by atoms with Crippen molar-refractivity contribution in [1.82, 2.24) is 14.7 Å². The van der Waals surface area contributed by atoms with Gasteiger partial charge >= 0.3 is 12.2 Å². The van der Waals surface area contributed by atoms with Crippen LogP contribution in [-0.4, -0.2) is 46.5 Å². The number of anilines is 1. The molecule has 9 heteroatoms. The van der Waals surface area contributed by atoms with Gasteiger partial charge in [0.05, 0.1) is 17.9 Å². The maximum absolute atomic E-state index is 12.2. The molecule has 1 fully saturated rings. The first-order valence-corrected chi connectivity index (χ1v) is 10.7. The van der Waals surface area contributed by atoms with Gasteiger partial charge in [0, 0.05) is 12.1 Å². The fraction of sp³-hybridized carbons (Fsp3) is 0.333. The Kier molecular flexibility index (Phi) is 7.75. The van der Waals surface area contributed by atoms with E-state index in [-0.39, 0.29) is 5.92 Å². The third-order valence-corrected chi connectivity index (χ3v) is 5.55. The van der Waals surface area contributed by atoms with Crippen LogP contribution in [0.2, 0.25) is 0 Å². The zero-order chi connectivity index (χ0) is 24.0. The minimum Gasteiger partial charge on any atom is -0.351 e. The minimum absolute atomic E-state index is 0.253. The van der Waals surface area contributed by atoms with Crippen molar-refractivity contribution in [1.29, 1.82) is 0 Å². The average Bonchev–Trinajstić information content (AvgIpc) is 3.34. The first-order valence-electron chi connectivity index (χ1n) is 10.7. The lowest BCUT2D eigenvalue weighted by molar-refractivity contribution is -0.143. The van der Waals surface area contributed by atoms with Gasteiger partial charge in [-0.3, -0.25) is 10.2 Å².